The second-order valence-corrected chi connectivity index (χ2v) is 14.8. The minimum absolute atomic E-state index is 0.186. The van der Waals surface area contributed by atoms with Gasteiger partial charge in [0, 0.05) is 33.7 Å². The molecule has 0 spiro atoms. The summed E-state index contributed by atoms with van der Waals surface area (Å²) in [4.78, 5) is 9.64. The molecule has 0 saturated carbocycles. The number of aromatic nitrogens is 3. The number of fused-ring (bicyclic) bond motifs is 8. The molecule has 0 unspecified atom stereocenters. The first-order chi connectivity index (χ1) is 24.2. The number of pyridine rings is 1. The summed E-state index contributed by atoms with van der Waals surface area (Å²) in [6.45, 7) is 9.43. The van der Waals surface area contributed by atoms with Crippen molar-refractivity contribution in [3.8, 4) is 56.2 Å². The zero-order chi connectivity index (χ0) is 33.9. The molecule has 1 N–H and O–H groups in total. The summed E-state index contributed by atoms with van der Waals surface area (Å²) in [5.41, 5.74) is 17.4. The Hall–Kier alpha value is -6.00. The van der Waals surface area contributed by atoms with Crippen molar-refractivity contribution >= 4 is 21.9 Å². The van der Waals surface area contributed by atoms with Gasteiger partial charge >= 0.3 is 0 Å². The topological polar surface area (TPSA) is 50.9 Å². The third-order valence-corrected chi connectivity index (χ3v) is 11.4. The summed E-state index contributed by atoms with van der Waals surface area (Å²) in [7, 11) is 0. The van der Waals surface area contributed by atoms with Crippen LogP contribution in [0.1, 0.15) is 49.9 Å². The van der Waals surface area contributed by atoms with Gasteiger partial charge in [-0.2, -0.15) is 0 Å². The third kappa shape index (κ3) is 3.87. The number of imidazole rings is 1. The molecule has 2 aliphatic carbocycles. The summed E-state index contributed by atoms with van der Waals surface area (Å²) >= 11 is 0. The van der Waals surface area contributed by atoms with Crippen LogP contribution < -0.4 is 0 Å². The fourth-order valence-corrected chi connectivity index (χ4v) is 8.74. The van der Waals surface area contributed by atoms with E-state index >= 15 is 0 Å². The zero-order valence-electron chi connectivity index (χ0n) is 28.5. The molecule has 0 fully saturated rings. The van der Waals surface area contributed by atoms with Gasteiger partial charge in [-0.1, -0.05) is 88.4 Å². The minimum atomic E-state index is -0.190. The SMILES string of the molecule is CC1(C)c2cc(-c3ccc(O)c4ncccc34)ccc2-c2cc3c(cc21)-c1ccc(-c2nc4ccccc4n2-c2ccccc2)cc1C3(C)C. The molecule has 4 heteroatoms. The minimum Gasteiger partial charge on any atom is -0.506 e. The Bertz CT molecular complexity index is 2720. The Labute approximate surface area is 291 Å². The molecular formula is C46H35N3O. The number of benzene rings is 6. The van der Waals surface area contributed by atoms with Gasteiger partial charge < -0.3 is 5.11 Å². The highest BCUT2D eigenvalue weighted by molar-refractivity contribution is 5.99. The van der Waals surface area contributed by atoms with Crippen LogP contribution in [0.3, 0.4) is 0 Å². The van der Waals surface area contributed by atoms with E-state index in [4.69, 9.17) is 4.98 Å². The maximum absolute atomic E-state index is 10.5. The van der Waals surface area contributed by atoms with Gasteiger partial charge in [-0.3, -0.25) is 9.55 Å². The molecule has 2 heterocycles. The third-order valence-electron chi connectivity index (χ3n) is 11.4. The fraction of sp³-hybridized carbons (Fsp3) is 0.130. The number of hydrogen-bond donors (Lipinski definition) is 1. The molecule has 0 amide bonds. The van der Waals surface area contributed by atoms with Crippen LogP contribution in [0.15, 0.2) is 134 Å². The Morgan fingerprint density at radius 2 is 1.14 bits per heavy atom. The highest BCUT2D eigenvalue weighted by Gasteiger charge is 2.42. The summed E-state index contributed by atoms with van der Waals surface area (Å²) in [6, 6.07) is 45.4. The van der Waals surface area contributed by atoms with E-state index in [0.29, 0.717) is 5.52 Å². The Balaban J connectivity index is 1.10. The zero-order valence-corrected chi connectivity index (χ0v) is 28.5. The standard InChI is InChI=1S/C46H35N3O/c1-45(2)36-23-27(30-20-21-42(50)43-33(30)13-10-22-47-43)16-18-31(36)34-25-39-35(26-38(34)45)32-19-17-28(24-37(32)46(39,3)4)44-48-40-14-8-9-15-41(40)49(44)29-11-6-5-7-12-29/h5-26,50H,1-4H3. The smallest absolute Gasteiger partial charge is 0.145 e. The van der Waals surface area contributed by atoms with Crippen LogP contribution in [0, 0.1) is 0 Å². The molecule has 0 atom stereocenters. The van der Waals surface area contributed by atoms with Gasteiger partial charge in [0.05, 0.1) is 11.0 Å². The molecule has 2 aromatic heterocycles. The van der Waals surface area contributed by atoms with Crippen LogP contribution in [0.2, 0.25) is 0 Å². The number of phenolic OH excluding ortho intramolecular Hbond substituents is 1. The second kappa shape index (κ2) is 10.0. The van der Waals surface area contributed by atoms with Gasteiger partial charge in [0.2, 0.25) is 0 Å². The number of phenols is 1. The van der Waals surface area contributed by atoms with Crippen molar-refractivity contribution in [2.75, 3.05) is 0 Å². The number of aromatic hydroxyl groups is 1. The molecule has 0 saturated heterocycles. The predicted octanol–water partition coefficient (Wildman–Crippen LogP) is 11.2. The van der Waals surface area contributed by atoms with E-state index in [0.717, 1.165) is 44.6 Å². The first kappa shape index (κ1) is 29.0. The molecule has 0 bridgehead atoms. The van der Waals surface area contributed by atoms with Crippen LogP contribution in [-0.2, 0) is 10.8 Å². The Morgan fingerprint density at radius 1 is 0.540 bits per heavy atom. The monoisotopic (exact) mass is 645 g/mol. The lowest BCUT2D eigenvalue weighted by Crippen LogP contribution is -2.17. The van der Waals surface area contributed by atoms with Crippen LogP contribution in [-0.4, -0.2) is 19.6 Å². The van der Waals surface area contributed by atoms with Crippen molar-refractivity contribution < 1.29 is 5.11 Å². The van der Waals surface area contributed by atoms with Crippen LogP contribution >= 0.6 is 0 Å². The number of para-hydroxylation sites is 3. The first-order valence-corrected chi connectivity index (χ1v) is 17.3. The molecule has 8 aromatic rings. The van der Waals surface area contributed by atoms with E-state index in [9.17, 15) is 5.11 Å². The molecule has 50 heavy (non-hydrogen) atoms. The quantitative estimate of drug-likeness (QED) is 0.208. The van der Waals surface area contributed by atoms with Gasteiger partial charge in [0.1, 0.15) is 17.1 Å². The van der Waals surface area contributed by atoms with Crippen molar-refractivity contribution in [2.45, 2.75) is 38.5 Å². The summed E-state index contributed by atoms with van der Waals surface area (Å²) in [6.07, 6.45) is 1.73. The van der Waals surface area contributed by atoms with Gasteiger partial charge in [-0.25, -0.2) is 4.98 Å². The van der Waals surface area contributed by atoms with E-state index in [1.807, 2.05) is 18.2 Å². The van der Waals surface area contributed by atoms with E-state index in [1.165, 1.54) is 44.5 Å². The second-order valence-electron chi connectivity index (χ2n) is 14.8. The summed E-state index contributed by atoms with van der Waals surface area (Å²) in [5.74, 6) is 1.16. The normalized spacial score (nSPS) is 14.8. The molecule has 2 aliphatic rings. The maximum Gasteiger partial charge on any atom is 0.145 e. The molecule has 240 valence electrons. The summed E-state index contributed by atoms with van der Waals surface area (Å²) in [5, 5.41) is 11.4. The molecule has 10 rings (SSSR count). The van der Waals surface area contributed by atoms with E-state index in [1.54, 1.807) is 12.3 Å². The van der Waals surface area contributed by atoms with Gasteiger partial charge in [-0.05, 0) is 122 Å². The average Bonchev–Trinajstić information content (AvgIpc) is 3.71. The van der Waals surface area contributed by atoms with Gasteiger partial charge in [-0.15, -0.1) is 0 Å². The molecule has 0 aliphatic heterocycles. The molecule has 4 nitrogen and oxygen atoms in total. The molecule has 0 radical (unpaired) electrons. The molecular weight excluding hydrogens is 611 g/mol. The average molecular weight is 646 g/mol. The van der Waals surface area contributed by atoms with Gasteiger partial charge in [0.15, 0.2) is 0 Å². The summed E-state index contributed by atoms with van der Waals surface area (Å²) < 4.78 is 2.28. The lowest BCUT2D eigenvalue weighted by atomic mass is 9.79. The lowest BCUT2D eigenvalue weighted by Gasteiger charge is -2.24. The van der Waals surface area contributed by atoms with Crippen molar-refractivity contribution in [1.29, 1.82) is 0 Å². The van der Waals surface area contributed by atoms with Crippen molar-refractivity contribution in [3.05, 3.63) is 156 Å². The Morgan fingerprint density at radius 3 is 1.86 bits per heavy atom. The maximum atomic E-state index is 10.5. The van der Waals surface area contributed by atoms with Crippen molar-refractivity contribution in [2.24, 2.45) is 0 Å². The number of hydrogen-bond acceptors (Lipinski definition) is 3. The van der Waals surface area contributed by atoms with Crippen molar-refractivity contribution in [3.63, 3.8) is 0 Å². The number of nitrogens with zero attached hydrogens (tertiary/aromatic N) is 3. The van der Waals surface area contributed by atoms with E-state index in [-0.39, 0.29) is 16.6 Å². The Kier molecular flexibility index (Phi) is 5.80. The van der Waals surface area contributed by atoms with Crippen molar-refractivity contribution in [1.82, 2.24) is 14.5 Å². The van der Waals surface area contributed by atoms with Crippen LogP contribution in [0.5, 0.6) is 5.75 Å². The highest BCUT2D eigenvalue weighted by Crippen LogP contribution is 2.57. The number of rotatable bonds is 3. The lowest BCUT2D eigenvalue weighted by molar-refractivity contribution is 0.480. The fourth-order valence-electron chi connectivity index (χ4n) is 8.74. The predicted molar refractivity (Wildman–Crippen MR) is 204 cm³/mol. The van der Waals surface area contributed by atoms with E-state index in [2.05, 4.69) is 140 Å². The van der Waals surface area contributed by atoms with Crippen LogP contribution in [0.25, 0.3) is 72.4 Å². The highest BCUT2D eigenvalue weighted by atomic mass is 16.3. The first-order valence-electron chi connectivity index (χ1n) is 17.3. The van der Waals surface area contributed by atoms with Gasteiger partial charge in [0.25, 0.3) is 0 Å². The van der Waals surface area contributed by atoms with Crippen LogP contribution in [0.4, 0.5) is 0 Å². The largest absolute Gasteiger partial charge is 0.506 e. The van der Waals surface area contributed by atoms with E-state index < -0.39 is 0 Å². The molecule has 6 aromatic carbocycles.